The van der Waals surface area contributed by atoms with Gasteiger partial charge < -0.3 is 9.47 Å². The number of benzene rings is 2. The van der Waals surface area contributed by atoms with Gasteiger partial charge in [0.05, 0.1) is 11.0 Å². The van der Waals surface area contributed by atoms with E-state index in [0.29, 0.717) is 44.1 Å². The number of nitrogens with zero attached hydrogens (tertiary/aromatic N) is 5. The molecule has 2 aromatic carbocycles. The Morgan fingerprint density at radius 1 is 0.977 bits per heavy atom. The Morgan fingerprint density at radius 3 is 2.35 bits per heavy atom. The maximum absolute atomic E-state index is 13.5. The van der Waals surface area contributed by atoms with Gasteiger partial charge in [-0.2, -0.15) is 18.3 Å². The molecule has 7 nitrogen and oxygen atoms in total. The average molecular weight is 591 g/mol. The molecule has 226 valence electrons. The second-order valence-corrected chi connectivity index (χ2v) is 12.6. The lowest BCUT2D eigenvalue weighted by Gasteiger charge is -2.45. The summed E-state index contributed by atoms with van der Waals surface area (Å²) < 4.78 is 42.8. The first-order chi connectivity index (χ1) is 20.7. The molecular formula is C33H37F3N6O. The fourth-order valence-corrected chi connectivity index (χ4v) is 8.22. The number of hydrogen-bond acceptors (Lipinski definition) is 4. The van der Waals surface area contributed by atoms with Gasteiger partial charge in [0, 0.05) is 37.4 Å². The molecular weight excluding hydrogens is 553 g/mol. The lowest BCUT2D eigenvalue weighted by atomic mass is 9.70. The fraction of sp³-hybridized carbons (Fsp3) is 0.485. The molecule has 3 fully saturated rings. The normalized spacial score (nSPS) is 24.1. The summed E-state index contributed by atoms with van der Waals surface area (Å²) in [5, 5.41) is 5.90. The van der Waals surface area contributed by atoms with Crippen LogP contribution in [0, 0.1) is 6.92 Å². The summed E-state index contributed by atoms with van der Waals surface area (Å²) in [4.78, 5) is 22.2. The fourth-order valence-electron chi connectivity index (χ4n) is 8.22. The molecule has 3 aliphatic rings. The highest BCUT2D eigenvalue weighted by Gasteiger charge is 2.45. The molecule has 2 unspecified atom stereocenters. The topological polar surface area (TPSA) is 70.1 Å². The maximum Gasteiger partial charge on any atom is 0.420 e. The molecule has 2 bridgehead atoms. The van der Waals surface area contributed by atoms with E-state index in [1.807, 2.05) is 12.1 Å². The number of fused-ring (bicyclic) bond motifs is 3. The number of aromatic amines is 1. The minimum Gasteiger partial charge on any atom is -0.337 e. The van der Waals surface area contributed by atoms with E-state index in [4.69, 9.17) is 4.98 Å². The third-order valence-electron chi connectivity index (χ3n) is 10.4. The van der Waals surface area contributed by atoms with Gasteiger partial charge in [-0.1, -0.05) is 42.5 Å². The summed E-state index contributed by atoms with van der Waals surface area (Å²) in [7, 11) is 0. The number of carbonyl (C=O) groups excluding carboxylic acids is 1. The molecule has 5 heterocycles. The van der Waals surface area contributed by atoms with Crippen LogP contribution in [0.15, 0.2) is 60.8 Å². The molecule has 1 amide bonds. The van der Waals surface area contributed by atoms with Crippen molar-refractivity contribution in [3.63, 3.8) is 0 Å². The van der Waals surface area contributed by atoms with E-state index in [-0.39, 0.29) is 5.41 Å². The van der Waals surface area contributed by atoms with Crippen LogP contribution in [0.1, 0.15) is 78.4 Å². The van der Waals surface area contributed by atoms with E-state index in [1.165, 1.54) is 23.9 Å². The number of imidazole rings is 1. The summed E-state index contributed by atoms with van der Waals surface area (Å²) in [5.74, 6) is 0.429. The molecule has 2 aromatic heterocycles. The molecule has 43 heavy (non-hydrogen) atoms. The number of carbonyl (C=O) groups is 1. The first-order valence-corrected chi connectivity index (χ1v) is 15.4. The zero-order chi connectivity index (χ0) is 29.8. The van der Waals surface area contributed by atoms with Crippen LogP contribution in [0.3, 0.4) is 0 Å². The number of alkyl halides is 3. The van der Waals surface area contributed by atoms with Gasteiger partial charge in [0.25, 0.3) is 5.91 Å². The van der Waals surface area contributed by atoms with E-state index in [9.17, 15) is 18.0 Å². The van der Waals surface area contributed by atoms with Crippen molar-refractivity contribution >= 4 is 16.9 Å². The lowest BCUT2D eigenvalue weighted by Crippen LogP contribution is -2.49. The van der Waals surface area contributed by atoms with E-state index < -0.39 is 23.3 Å². The Kier molecular flexibility index (Phi) is 7.07. The van der Waals surface area contributed by atoms with Gasteiger partial charge in [-0.25, -0.2) is 4.98 Å². The van der Waals surface area contributed by atoms with Gasteiger partial charge in [0.15, 0.2) is 5.69 Å². The van der Waals surface area contributed by atoms with Crippen LogP contribution in [0.5, 0.6) is 0 Å². The van der Waals surface area contributed by atoms with Crippen LogP contribution < -0.4 is 0 Å². The summed E-state index contributed by atoms with van der Waals surface area (Å²) in [6.07, 6.45) is 3.16. The largest absolute Gasteiger partial charge is 0.420 e. The number of piperidine rings is 2. The minimum atomic E-state index is -4.63. The minimum absolute atomic E-state index is 0.135. The molecule has 10 heteroatoms. The van der Waals surface area contributed by atoms with Crippen molar-refractivity contribution in [3.8, 4) is 0 Å². The maximum atomic E-state index is 13.5. The second kappa shape index (κ2) is 10.8. The van der Waals surface area contributed by atoms with E-state index in [2.05, 4.69) is 69.1 Å². The van der Waals surface area contributed by atoms with E-state index in [0.717, 1.165) is 43.3 Å². The van der Waals surface area contributed by atoms with Crippen LogP contribution in [0.4, 0.5) is 13.2 Å². The summed E-state index contributed by atoms with van der Waals surface area (Å²) in [6, 6.07) is 20.4. The third-order valence-corrected chi connectivity index (χ3v) is 10.4. The van der Waals surface area contributed by atoms with Crippen LogP contribution >= 0.6 is 0 Å². The van der Waals surface area contributed by atoms with Crippen LogP contribution in [-0.2, 0) is 11.6 Å². The number of aromatic nitrogens is 4. The Morgan fingerprint density at radius 2 is 1.65 bits per heavy atom. The van der Waals surface area contributed by atoms with E-state index in [1.54, 1.807) is 4.90 Å². The molecule has 1 N–H and O–H groups in total. The predicted molar refractivity (Wildman–Crippen MR) is 158 cm³/mol. The molecule has 2 atom stereocenters. The van der Waals surface area contributed by atoms with Crippen molar-refractivity contribution < 1.29 is 18.0 Å². The molecule has 3 saturated heterocycles. The van der Waals surface area contributed by atoms with Crippen LogP contribution in [0.2, 0.25) is 0 Å². The number of likely N-dealkylation sites (tertiary alicyclic amines) is 1. The molecule has 0 spiro atoms. The molecule has 0 aliphatic carbocycles. The van der Waals surface area contributed by atoms with Crippen LogP contribution in [0.25, 0.3) is 11.0 Å². The first-order valence-electron chi connectivity index (χ1n) is 15.4. The van der Waals surface area contributed by atoms with Gasteiger partial charge in [-0.3, -0.25) is 14.8 Å². The van der Waals surface area contributed by atoms with Gasteiger partial charge in [-0.05, 0) is 81.5 Å². The highest BCUT2D eigenvalue weighted by molar-refractivity contribution is 5.94. The highest BCUT2D eigenvalue weighted by atomic mass is 19.4. The molecule has 4 aromatic rings. The second-order valence-electron chi connectivity index (χ2n) is 12.6. The number of para-hydroxylation sites is 2. The summed E-state index contributed by atoms with van der Waals surface area (Å²) >= 11 is 0. The molecule has 0 saturated carbocycles. The number of aryl methyl sites for hydroxylation is 1. The third kappa shape index (κ3) is 5.03. The Bertz CT molecular complexity index is 1590. The van der Waals surface area contributed by atoms with Crippen molar-refractivity contribution in [2.24, 2.45) is 0 Å². The zero-order valence-corrected chi connectivity index (χ0v) is 24.4. The van der Waals surface area contributed by atoms with Crippen molar-refractivity contribution in [1.29, 1.82) is 0 Å². The highest BCUT2D eigenvalue weighted by Crippen LogP contribution is 2.45. The number of hydrogen-bond donors (Lipinski definition) is 1. The number of nitrogens with one attached hydrogen (secondary N) is 1. The van der Waals surface area contributed by atoms with Crippen molar-refractivity contribution in [1.82, 2.24) is 29.5 Å². The predicted octanol–water partition coefficient (Wildman–Crippen LogP) is 6.52. The Labute approximate surface area is 249 Å². The SMILES string of the molecule is Cc1nc2ccccc2n1C1CC2CCC(C1)N2CCC1(c2ccccc2)CCN(C(=O)c2n[nH]cc2C(F)(F)F)CC1. The number of rotatable bonds is 6. The lowest BCUT2D eigenvalue weighted by molar-refractivity contribution is -0.138. The molecule has 3 aliphatic heterocycles. The monoisotopic (exact) mass is 590 g/mol. The van der Waals surface area contributed by atoms with Gasteiger partial charge in [-0.15, -0.1) is 0 Å². The van der Waals surface area contributed by atoms with Crippen molar-refractivity contribution in [3.05, 3.63) is 83.4 Å². The Hall–Kier alpha value is -3.66. The quantitative estimate of drug-likeness (QED) is 0.278. The van der Waals surface area contributed by atoms with E-state index >= 15 is 0 Å². The van der Waals surface area contributed by atoms with Crippen molar-refractivity contribution in [2.45, 2.75) is 81.6 Å². The van der Waals surface area contributed by atoms with Gasteiger partial charge in [0.1, 0.15) is 11.4 Å². The van der Waals surface area contributed by atoms with Crippen molar-refractivity contribution in [2.75, 3.05) is 19.6 Å². The standard InChI is InChI=1S/C33H37F3N6O/c1-22-38-28-9-5-6-10-29(28)42(22)26-19-24-11-12-25(20-26)41(24)18-15-32(23-7-3-2-4-8-23)13-16-40(17-14-32)31(43)30-27(21-37-39-30)33(34,35)36/h2-10,21,24-26H,11-20H2,1H3,(H,37,39). The Balaban J connectivity index is 1.06. The van der Waals surface area contributed by atoms with Crippen LogP contribution in [-0.4, -0.2) is 67.2 Å². The number of H-pyrrole nitrogens is 1. The molecule has 7 rings (SSSR count). The first kappa shape index (κ1) is 28.1. The number of halogens is 3. The zero-order valence-electron chi connectivity index (χ0n) is 24.4. The summed E-state index contributed by atoms with van der Waals surface area (Å²) in [6.45, 7) is 3.90. The number of amides is 1. The summed E-state index contributed by atoms with van der Waals surface area (Å²) in [5.41, 5.74) is 1.85. The van der Waals surface area contributed by atoms with Gasteiger partial charge >= 0.3 is 6.18 Å². The van der Waals surface area contributed by atoms with Gasteiger partial charge in [0.2, 0.25) is 0 Å². The smallest absolute Gasteiger partial charge is 0.337 e. The average Bonchev–Trinajstić information content (AvgIpc) is 3.70. The molecule has 0 radical (unpaired) electrons.